The number of carboxylic acids is 1. The van der Waals surface area contributed by atoms with Gasteiger partial charge in [0.05, 0.1) is 5.69 Å². The number of rotatable bonds is 4. The Morgan fingerprint density at radius 1 is 1.56 bits per heavy atom. The molecule has 2 aromatic rings. The lowest BCUT2D eigenvalue weighted by molar-refractivity contribution is 0.0686. The molecule has 2 aromatic heterocycles. The molecule has 0 aliphatic heterocycles. The summed E-state index contributed by atoms with van der Waals surface area (Å²) < 4.78 is 10.5. The number of carboxylic acid groups (broad SMARTS) is 1. The number of aryl methyl sites for hydroxylation is 1. The third-order valence-electron chi connectivity index (χ3n) is 2.34. The molecule has 0 spiro atoms. The molecule has 0 saturated carbocycles. The van der Waals surface area contributed by atoms with E-state index in [-0.39, 0.29) is 11.4 Å². The van der Waals surface area contributed by atoms with Crippen molar-refractivity contribution in [1.29, 1.82) is 0 Å². The lowest BCUT2D eigenvalue weighted by atomic mass is 10.2. The average molecular weight is 248 g/mol. The van der Waals surface area contributed by atoms with Crippen molar-refractivity contribution in [2.75, 3.05) is 0 Å². The van der Waals surface area contributed by atoms with Crippen molar-refractivity contribution >= 4 is 5.97 Å². The molecule has 2 heterocycles. The van der Waals surface area contributed by atoms with Crippen molar-refractivity contribution in [1.82, 2.24) is 10.1 Å². The fourth-order valence-electron chi connectivity index (χ4n) is 1.45. The molecule has 18 heavy (non-hydrogen) atoms. The van der Waals surface area contributed by atoms with Gasteiger partial charge in [-0.3, -0.25) is 0 Å². The third-order valence-corrected chi connectivity index (χ3v) is 2.34. The molecule has 0 amide bonds. The molecule has 0 aromatic carbocycles. The lowest BCUT2D eigenvalue weighted by Gasteiger charge is -2.12. The highest BCUT2D eigenvalue weighted by Gasteiger charge is 2.18. The van der Waals surface area contributed by atoms with Gasteiger partial charge < -0.3 is 14.4 Å². The molecular formula is C12H12N2O4. The van der Waals surface area contributed by atoms with E-state index in [0.717, 1.165) is 5.69 Å². The molecular weight excluding hydrogens is 236 g/mol. The van der Waals surface area contributed by atoms with Crippen LogP contribution < -0.4 is 4.74 Å². The number of hydrogen-bond donors (Lipinski definition) is 1. The third kappa shape index (κ3) is 2.48. The summed E-state index contributed by atoms with van der Waals surface area (Å²) in [6, 6.07) is 4.71. The maximum Gasteiger partial charge on any atom is 0.341 e. The van der Waals surface area contributed by atoms with Gasteiger partial charge >= 0.3 is 5.97 Å². The minimum Gasteiger partial charge on any atom is -0.477 e. The van der Waals surface area contributed by atoms with E-state index in [4.69, 9.17) is 14.4 Å². The van der Waals surface area contributed by atoms with Crippen molar-refractivity contribution in [2.24, 2.45) is 0 Å². The predicted molar refractivity (Wildman–Crippen MR) is 61.5 cm³/mol. The first-order valence-electron chi connectivity index (χ1n) is 5.36. The second kappa shape index (κ2) is 4.87. The minimum absolute atomic E-state index is 0.0144. The van der Waals surface area contributed by atoms with Crippen LogP contribution in [0.4, 0.5) is 0 Å². The van der Waals surface area contributed by atoms with E-state index in [1.807, 2.05) is 0 Å². The second-order valence-corrected chi connectivity index (χ2v) is 3.79. The second-order valence-electron chi connectivity index (χ2n) is 3.79. The molecule has 6 nitrogen and oxygen atoms in total. The van der Waals surface area contributed by atoms with Crippen molar-refractivity contribution < 1.29 is 19.2 Å². The first kappa shape index (κ1) is 12.1. The van der Waals surface area contributed by atoms with Gasteiger partial charge in [0.15, 0.2) is 11.9 Å². The highest BCUT2D eigenvalue weighted by Crippen LogP contribution is 2.23. The molecule has 2 rings (SSSR count). The summed E-state index contributed by atoms with van der Waals surface area (Å²) in [6.07, 6.45) is 1.01. The summed E-state index contributed by atoms with van der Waals surface area (Å²) in [5.74, 6) is -0.500. The smallest absolute Gasteiger partial charge is 0.341 e. The summed E-state index contributed by atoms with van der Waals surface area (Å²) in [5, 5.41) is 12.7. The molecule has 1 unspecified atom stereocenters. The highest BCUT2D eigenvalue weighted by molar-refractivity contribution is 5.90. The Morgan fingerprint density at radius 2 is 2.33 bits per heavy atom. The van der Waals surface area contributed by atoms with Crippen LogP contribution >= 0.6 is 0 Å². The number of ether oxygens (including phenoxy) is 1. The van der Waals surface area contributed by atoms with E-state index in [1.165, 1.54) is 12.3 Å². The monoisotopic (exact) mass is 248 g/mol. The van der Waals surface area contributed by atoms with Crippen LogP contribution in [0.25, 0.3) is 0 Å². The topological polar surface area (TPSA) is 85.5 Å². The maximum absolute atomic E-state index is 11.0. The van der Waals surface area contributed by atoms with Crippen molar-refractivity contribution in [2.45, 2.75) is 20.0 Å². The van der Waals surface area contributed by atoms with Gasteiger partial charge in [-0.1, -0.05) is 5.16 Å². The molecule has 0 radical (unpaired) electrons. The first-order valence-corrected chi connectivity index (χ1v) is 5.36. The quantitative estimate of drug-likeness (QED) is 0.892. The number of pyridine rings is 1. The lowest BCUT2D eigenvalue weighted by Crippen LogP contribution is -2.08. The van der Waals surface area contributed by atoms with Crippen LogP contribution in [0.1, 0.15) is 34.8 Å². The Labute approximate surface area is 103 Å². The summed E-state index contributed by atoms with van der Waals surface area (Å²) in [7, 11) is 0. The summed E-state index contributed by atoms with van der Waals surface area (Å²) >= 11 is 0. The van der Waals surface area contributed by atoms with Crippen LogP contribution in [0.5, 0.6) is 5.88 Å². The van der Waals surface area contributed by atoms with E-state index in [2.05, 4.69) is 10.1 Å². The van der Waals surface area contributed by atoms with Crippen LogP contribution in [-0.4, -0.2) is 21.2 Å². The van der Waals surface area contributed by atoms with Gasteiger partial charge in [-0.15, -0.1) is 0 Å². The van der Waals surface area contributed by atoms with Gasteiger partial charge in [0.1, 0.15) is 5.56 Å². The Hall–Kier alpha value is -2.37. The van der Waals surface area contributed by atoms with E-state index in [0.29, 0.717) is 5.76 Å². The number of aromatic carboxylic acids is 1. The molecule has 1 atom stereocenters. The SMILES string of the molecule is Cc1cc(C(C)Oc2ncccc2C(=O)O)on1. The molecule has 6 heteroatoms. The molecule has 1 N–H and O–H groups in total. The average Bonchev–Trinajstić information content (AvgIpc) is 2.76. The summed E-state index contributed by atoms with van der Waals surface area (Å²) in [5.41, 5.74) is 0.750. The van der Waals surface area contributed by atoms with Gasteiger partial charge in [0.25, 0.3) is 0 Å². The van der Waals surface area contributed by atoms with Gasteiger partial charge in [0, 0.05) is 12.3 Å². The Balaban J connectivity index is 2.21. The van der Waals surface area contributed by atoms with Crippen molar-refractivity contribution in [3.05, 3.63) is 41.4 Å². The van der Waals surface area contributed by atoms with Crippen LogP contribution in [0.2, 0.25) is 0 Å². The van der Waals surface area contributed by atoms with Crippen molar-refractivity contribution in [3.8, 4) is 5.88 Å². The number of nitrogens with zero attached hydrogens (tertiary/aromatic N) is 2. The number of carbonyl (C=O) groups is 1. The molecule has 94 valence electrons. The molecule has 0 aliphatic rings. The Morgan fingerprint density at radius 3 is 2.94 bits per heavy atom. The zero-order valence-electron chi connectivity index (χ0n) is 9.95. The fourth-order valence-corrected chi connectivity index (χ4v) is 1.45. The van der Waals surface area contributed by atoms with Crippen LogP contribution in [0.15, 0.2) is 28.9 Å². The molecule has 0 aliphatic carbocycles. The van der Waals surface area contributed by atoms with Crippen molar-refractivity contribution in [3.63, 3.8) is 0 Å². The largest absolute Gasteiger partial charge is 0.477 e. The van der Waals surface area contributed by atoms with E-state index < -0.39 is 12.1 Å². The van der Waals surface area contributed by atoms with Crippen LogP contribution in [-0.2, 0) is 0 Å². The van der Waals surface area contributed by atoms with E-state index >= 15 is 0 Å². The molecule has 0 fully saturated rings. The summed E-state index contributed by atoms with van der Waals surface area (Å²) in [4.78, 5) is 14.9. The van der Waals surface area contributed by atoms with Gasteiger partial charge in [-0.05, 0) is 26.0 Å². The fraction of sp³-hybridized carbons (Fsp3) is 0.250. The van der Waals surface area contributed by atoms with Gasteiger partial charge in [0.2, 0.25) is 5.88 Å². The van der Waals surface area contributed by atoms with E-state index in [9.17, 15) is 4.79 Å². The summed E-state index contributed by atoms with van der Waals surface area (Å²) in [6.45, 7) is 3.53. The Bertz CT molecular complexity index is 565. The standard InChI is InChI=1S/C12H12N2O4/c1-7-6-10(18-14-7)8(2)17-11-9(12(15)16)4-3-5-13-11/h3-6,8H,1-2H3,(H,15,16). The first-order chi connectivity index (χ1) is 8.58. The predicted octanol–water partition coefficient (Wildman–Crippen LogP) is 2.22. The highest BCUT2D eigenvalue weighted by atomic mass is 16.5. The number of hydrogen-bond acceptors (Lipinski definition) is 5. The maximum atomic E-state index is 11.0. The molecule has 0 bridgehead atoms. The number of aromatic nitrogens is 2. The van der Waals surface area contributed by atoms with E-state index in [1.54, 1.807) is 26.0 Å². The zero-order chi connectivity index (χ0) is 13.1. The van der Waals surface area contributed by atoms with Crippen LogP contribution in [0, 0.1) is 6.92 Å². The van der Waals surface area contributed by atoms with Gasteiger partial charge in [-0.25, -0.2) is 9.78 Å². The Kier molecular flexibility index (Phi) is 3.27. The minimum atomic E-state index is -1.08. The zero-order valence-corrected chi connectivity index (χ0v) is 9.95. The van der Waals surface area contributed by atoms with Gasteiger partial charge in [-0.2, -0.15) is 0 Å². The normalized spacial score (nSPS) is 12.1. The molecule has 0 saturated heterocycles. The van der Waals surface area contributed by atoms with Crippen LogP contribution in [0.3, 0.4) is 0 Å².